The summed E-state index contributed by atoms with van der Waals surface area (Å²) >= 11 is 9.10. The fourth-order valence-corrected chi connectivity index (χ4v) is 1.96. The van der Waals surface area contributed by atoms with Crippen molar-refractivity contribution in [2.45, 2.75) is 6.18 Å². The molecule has 0 unspecified atom stereocenters. The fourth-order valence-electron chi connectivity index (χ4n) is 1.43. The molecule has 1 heterocycles. The monoisotopic (exact) mass is 350 g/mol. The van der Waals surface area contributed by atoms with Gasteiger partial charge in [-0.25, -0.2) is 0 Å². The molecular formula is C12H7BrClF3N2. The van der Waals surface area contributed by atoms with Crippen molar-refractivity contribution in [2.75, 3.05) is 5.32 Å². The predicted octanol–water partition coefficient (Wildman–Crippen LogP) is 5.26. The Balaban J connectivity index is 2.34. The maximum atomic E-state index is 12.6. The number of nitrogens with one attached hydrogen (secondary N) is 1. The minimum absolute atomic E-state index is 0.177. The molecule has 2 nitrogen and oxygen atoms in total. The molecule has 1 aromatic carbocycles. The van der Waals surface area contributed by atoms with Crippen molar-refractivity contribution in [2.24, 2.45) is 0 Å². The number of anilines is 2. The first kappa shape index (κ1) is 14.1. The smallest absolute Gasteiger partial charge is 0.353 e. The highest BCUT2D eigenvalue weighted by Crippen LogP contribution is 2.35. The van der Waals surface area contributed by atoms with Crippen LogP contribution in [0.1, 0.15) is 5.56 Å². The molecule has 1 N–H and O–H groups in total. The summed E-state index contributed by atoms with van der Waals surface area (Å²) in [5.41, 5.74) is -0.0469. The molecular weight excluding hydrogens is 344 g/mol. The average Bonchev–Trinajstić information content (AvgIpc) is 2.30. The number of alkyl halides is 3. The quantitative estimate of drug-likeness (QED) is 0.798. The predicted molar refractivity (Wildman–Crippen MR) is 71.7 cm³/mol. The third-order valence-corrected chi connectivity index (χ3v) is 3.04. The molecule has 0 aliphatic rings. The van der Waals surface area contributed by atoms with Crippen molar-refractivity contribution in [3.8, 4) is 0 Å². The van der Waals surface area contributed by atoms with Gasteiger partial charge in [0.15, 0.2) is 0 Å². The summed E-state index contributed by atoms with van der Waals surface area (Å²) in [6.07, 6.45) is -1.35. The Labute approximate surface area is 120 Å². The van der Waals surface area contributed by atoms with Gasteiger partial charge in [0.25, 0.3) is 0 Å². The molecule has 0 spiro atoms. The van der Waals surface area contributed by atoms with E-state index in [0.29, 0.717) is 10.2 Å². The number of benzene rings is 1. The highest BCUT2D eigenvalue weighted by atomic mass is 79.9. The van der Waals surface area contributed by atoms with Gasteiger partial charge in [-0.05, 0) is 40.2 Å². The van der Waals surface area contributed by atoms with Crippen LogP contribution >= 0.6 is 27.5 Å². The lowest BCUT2D eigenvalue weighted by Gasteiger charge is -2.12. The summed E-state index contributed by atoms with van der Waals surface area (Å²) < 4.78 is 38.5. The molecule has 0 saturated carbocycles. The summed E-state index contributed by atoms with van der Waals surface area (Å²) in [6, 6.07) is 4.79. The van der Waals surface area contributed by atoms with Crippen LogP contribution in [0.25, 0.3) is 0 Å². The van der Waals surface area contributed by atoms with Crippen molar-refractivity contribution < 1.29 is 13.2 Å². The van der Waals surface area contributed by atoms with Gasteiger partial charge in [-0.1, -0.05) is 11.6 Å². The number of aromatic nitrogens is 1. The Morgan fingerprint density at radius 1 is 1.16 bits per heavy atom. The molecule has 0 amide bonds. The zero-order chi connectivity index (χ0) is 14.0. The Kier molecular flexibility index (Phi) is 4.01. The number of halogens is 5. The summed E-state index contributed by atoms with van der Waals surface area (Å²) in [6.45, 7) is 0. The van der Waals surface area contributed by atoms with Gasteiger partial charge in [0.05, 0.1) is 28.2 Å². The third kappa shape index (κ3) is 3.61. The van der Waals surface area contributed by atoms with E-state index in [1.807, 2.05) is 0 Å². The van der Waals surface area contributed by atoms with E-state index < -0.39 is 11.7 Å². The Morgan fingerprint density at radius 2 is 1.89 bits per heavy atom. The highest BCUT2D eigenvalue weighted by Gasteiger charge is 2.30. The first-order chi connectivity index (χ1) is 8.86. The summed E-state index contributed by atoms with van der Waals surface area (Å²) in [7, 11) is 0. The van der Waals surface area contributed by atoms with Crippen LogP contribution in [0.3, 0.4) is 0 Å². The molecule has 19 heavy (non-hydrogen) atoms. The van der Waals surface area contributed by atoms with E-state index in [1.165, 1.54) is 12.3 Å². The van der Waals surface area contributed by atoms with Crippen molar-refractivity contribution in [3.05, 3.63) is 51.7 Å². The maximum Gasteiger partial charge on any atom is 0.416 e. The normalized spacial score (nSPS) is 11.4. The summed E-state index contributed by atoms with van der Waals surface area (Å²) in [4.78, 5) is 3.91. The standard InChI is InChI=1S/C12H7BrClF3N2/c13-8-4-9(6-18-5-8)19-11-3-7(12(15,16)17)1-2-10(11)14/h1-6,19H. The minimum atomic E-state index is -4.41. The van der Waals surface area contributed by atoms with Gasteiger partial charge in [-0.15, -0.1) is 0 Å². The number of hydrogen-bond acceptors (Lipinski definition) is 2. The van der Waals surface area contributed by atoms with Crippen LogP contribution in [0.2, 0.25) is 5.02 Å². The zero-order valence-corrected chi connectivity index (χ0v) is 11.6. The van der Waals surface area contributed by atoms with E-state index in [-0.39, 0.29) is 10.7 Å². The molecule has 0 atom stereocenters. The fraction of sp³-hybridized carbons (Fsp3) is 0.0833. The lowest BCUT2D eigenvalue weighted by Crippen LogP contribution is -2.05. The molecule has 0 aliphatic carbocycles. The average molecular weight is 352 g/mol. The molecule has 0 aliphatic heterocycles. The van der Waals surface area contributed by atoms with E-state index in [0.717, 1.165) is 12.1 Å². The number of nitrogens with zero attached hydrogens (tertiary/aromatic N) is 1. The first-order valence-corrected chi connectivity index (χ1v) is 6.28. The number of pyridine rings is 1. The van der Waals surface area contributed by atoms with Crippen LogP contribution in [0.4, 0.5) is 24.5 Å². The lowest BCUT2D eigenvalue weighted by atomic mass is 10.2. The molecule has 1 aromatic heterocycles. The number of hydrogen-bond donors (Lipinski definition) is 1. The second kappa shape index (κ2) is 5.38. The van der Waals surface area contributed by atoms with Crippen LogP contribution in [0, 0.1) is 0 Å². The van der Waals surface area contributed by atoms with E-state index in [4.69, 9.17) is 11.6 Å². The lowest BCUT2D eigenvalue weighted by molar-refractivity contribution is -0.137. The van der Waals surface area contributed by atoms with E-state index in [1.54, 1.807) is 12.3 Å². The van der Waals surface area contributed by atoms with Crippen LogP contribution < -0.4 is 5.32 Å². The maximum absolute atomic E-state index is 12.6. The van der Waals surface area contributed by atoms with Gasteiger partial charge in [0.1, 0.15) is 0 Å². The highest BCUT2D eigenvalue weighted by molar-refractivity contribution is 9.10. The second-order valence-electron chi connectivity index (χ2n) is 3.71. The van der Waals surface area contributed by atoms with Crippen LogP contribution in [0.15, 0.2) is 41.1 Å². The van der Waals surface area contributed by atoms with Gasteiger partial charge in [0.2, 0.25) is 0 Å². The SMILES string of the molecule is FC(F)(F)c1ccc(Cl)c(Nc2cncc(Br)c2)c1. The van der Waals surface area contributed by atoms with Gasteiger partial charge in [-0.2, -0.15) is 13.2 Å². The van der Waals surface area contributed by atoms with E-state index in [9.17, 15) is 13.2 Å². The summed E-state index contributed by atoms with van der Waals surface area (Å²) in [5, 5.41) is 3.00. The Morgan fingerprint density at radius 3 is 2.53 bits per heavy atom. The zero-order valence-electron chi connectivity index (χ0n) is 9.30. The van der Waals surface area contributed by atoms with E-state index >= 15 is 0 Å². The molecule has 0 saturated heterocycles. The Hall–Kier alpha value is -1.27. The molecule has 0 bridgehead atoms. The Bertz CT molecular complexity index is 602. The van der Waals surface area contributed by atoms with Crippen LogP contribution in [0.5, 0.6) is 0 Å². The molecule has 0 fully saturated rings. The van der Waals surface area contributed by atoms with E-state index in [2.05, 4.69) is 26.2 Å². The second-order valence-corrected chi connectivity index (χ2v) is 5.03. The van der Waals surface area contributed by atoms with Crippen molar-refractivity contribution in [1.29, 1.82) is 0 Å². The molecule has 100 valence electrons. The van der Waals surface area contributed by atoms with Gasteiger partial charge >= 0.3 is 6.18 Å². The van der Waals surface area contributed by atoms with Crippen molar-refractivity contribution in [3.63, 3.8) is 0 Å². The minimum Gasteiger partial charge on any atom is -0.353 e. The summed E-state index contributed by atoms with van der Waals surface area (Å²) in [5.74, 6) is 0. The van der Waals surface area contributed by atoms with Crippen LogP contribution in [-0.2, 0) is 6.18 Å². The van der Waals surface area contributed by atoms with Crippen molar-refractivity contribution >= 4 is 38.9 Å². The topological polar surface area (TPSA) is 24.9 Å². The van der Waals surface area contributed by atoms with Gasteiger partial charge in [-0.3, -0.25) is 4.98 Å². The molecule has 2 rings (SSSR count). The molecule has 2 aromatic rings. The largest absolute Gasteiger partial charge is 0.416 e. The third-order valence-electron chi connectivity index (χ3n) is 2.28. The number of rotatable bonds is 2. The first-order valence-electron chi connectivity index (χ1n) is 5.10. The van der Waals surface area contributed by atoms with Gasteiger partial charge < -0.3 is 5.32 Å². The van der Waals surface area contributed by atoms with Crippen molar-refractivity contribution in [1.82, 2.24) is 4.98 Å². The molecule has 0 radical (unpaired) electrons. The molecule has 7 heteroatoms. The van der Waals surface area contributed by atoms with Gasteiger partial charge in [0, 0.05) is 10.7 Å². The van der Waals surface area contributed by atoms with Crippen LogP contribution in [-0.4, -0.2) is 4.98 Å².